The average Bonchev–Trinajstić information content (AvgIpc) is 3.08. The first-order valence-electron chi connectivity index (χ1n) is 7.69. The van der Waals surface area contributed by atoms with Gasteiger partial charge in [0.05, 0.1) is 6.04 Å². The summed E-state index contributed by atoms with van der Waals surface area (Å²) in [6, 6.07) is 6.22. The van der Waals surface area contributed by atoms with Crippen LogP contribution in [-0.2, 0) is 4.79 Å². The summed E-state index contributed by atoms with van der Waals surface area (Å²) in [5.41, 5.74) is 0.940. The van der Waals surface area contributed by atoms with Gasteiger partial charge in [-0.25, -0.2) is 4.39 Å². The maximum absolute atomic E-state index is 13.1. The number of nitrogens with one attached hydrogen (secondary N) is 1. The first-order chi connectivity index (χ1) is 10.1. The Kier molecular flexibility index (Phi) is 4.22. The van der Waals surface area contributed by atoms with E-state index in [4.69, 9.17) is 0 Å². The number of halogens is 1. The van der Waals surface area contributed by atoms with Gasteiger partial charge in [-0.05, 0) is 50.6 Å². The monoisotopic (exact) mass is 291 g/mol. The summed E-state index contributed by atoms with van der Waals surface area (Å²) in [5, 5.41) is 3.30. The van der Waals surface area contributed by atoms with Crippen LogP contribution in [0.3, 0.4) is 0 Å². The molecule has 2 aliphatic rings. The maximum atomic E-state index is 13.1. The second-order valence-corrected chi connectivity index (χ2v) is 5.92. The molecule has 2 heterocycles. The fourth-order valence-corrected chi connectivity index (χ4v) is 3.19. The van der Waals surface area contributed by atoms with Gasteiger partial charge in [-0.15, -0.1) is 0 Å². The average molecular weight is 291 g/mol. The predicted molar refractivity (Wildman–Crippen MR) is 79.1 cm³/mol. The number of benzene rings is 1. The zero-order valence-electron chi connectivity index (χ0n) is 12.4. The Morgan fingerprint density at radius 1 is 1.19 bits per heavy atom. The predicted octanol–water partition coefficient (Wildman–Crippen LogP) is 1.74. The molecule has 0 bridgehead atoms. The van der Waals surface area contributed by atoms with Gasteiger partial charge in [0.25, 0.3) is 0 Å². The van der Waals surface area contributed by atoms with Gasteiger partial charge in [-0.2, -0.15) is 0 Å². The quantitative estimate of drug-likeness (QED) is 0.918. The molecular weight excluding hydrogens is 269 g/mol. The third kappa shape index (κ3) is 3.09. The lowest BCUT2D eigenvalue weighted by Gasteiger charge is -2.27. The smallest absolute Gasteiger partial charge is 0.241 e. The lowest BCUT2D eigenvalue weighted by atomic mass is 10.1. The number of amides is 1. The molecule has 2 saturated heterocycles. The molecule has 0 saturated carbocycles. The van der Waals surface area contributed by atoms with Crippen LogP contribution in [0.25, 0.3) is 0 Å². The van der Waals surface area contributed by atoms with Crippen molar-refractivity contribution in [2.75, 3.05) is 26.2 Å². The Bertz CT molecular complexity index is 499. The number of hydrogen-bond donors (Lipinski definition) is 1. The van der Waals surface area contributed by atoms with Gasteiger partial charge in [0.2, 0.25) is 5.91 Å². The van der Waals surface area contributed by atoms with Crippen LogP contribution in [0, 0.1) is 5.82 Å². The zero-order chi connectivity index (χ0) is 14.8. The second kappa shape index (κ2) is 6.12. The molecule has 4 nitrogen and oxygen atoms in total. The van der Waals surface area contributed by atoms with Gasteiger partial charge in [-0.1, -0.05) is 12.1 Å². The molecule has 1 N–H and O–H groups in total. The fourth-order valence-electron chi connectivity index (χ4n) is 3.19. The van der Waals surface area contributed by atoms with Gasteiger partial charge >= 0.3 is 0 Å². The summed E-state index contributed by atoms with van der Waals surface area (Å²) in [4.78, 5) is 16.6. The van der Waals surface area contributed by atoms with Crippen molar-refractivity contribution in [3.8, 4) is 0 Å². The van der Waals surface area contributed by atoms with Crippen molar-refractivity contribution >= 4 is 5.91 Å². The van der Waals surface area contributed by atoms with Crippen molar-refractivity contribution in [1.29, 1.82) is 0 Å². The minimum absolute atomic E-state index is 0.128. The molecule has 0 spiro atoms. The van der Waals surface area contributed by atoms with Crippen LogP contribution in [0.1, 0.15) is 31.5 Å². The van der Waals surface area contributed by atoms with Gasteiger partial charge < -0.3 is 9.80 Å². The largest absolute Gasteiger partial charge is 0.320 e. The summed E-state index contributed by atoms with van der Waals surface area (Å²) < 4.78 is 13.1. The maximum Gasteiger partial charge on any atom is 0.241 e. The van der Waals surface area contributed by atoms with E-state index in [-0.39, 0.29) is 23.9 Å². The third-order valence-electron chi connectivity index (χ3n) is 4.41. The standard InChI is InChI=1S/C16H22FN3O/c1-12-16(21)20(11-10-19-8-2-3-9-19)15(18-12)13-4-6-14(17)7-5-13/h4-7,12,15,18H,2-3,8-11H2,1H3. The molecule has 2 aliphatic heterocycles. The molecule has 0 aliphatic carbocycles. The van der Waals surface area contributed by atoms with Crippen molar-refractivity contribution in [3.63, 3.8) is 0 Å². The van der Waals surface area contributed by atoms with E-state index in [2.05, 4.69) is 10.2 Å². The minimum atomic E-state index is -0.250. The number of rotatable bonds is 4. The van der Waals surface area contributed by atoms with E-state index in [1.165, 1.54) is 25.0 Å². The summed E-state index contributed by atoms with van der Waals surface area (Å²) in [6.07, 6.45) is 2.37. The molecule has 2 unspecified atom stereocenters. The summed E-state index contributed by atoms with van der Waals surface area (Å²) >= 11 is 0. The molecular formula is C16H22FN3O. The molecule has 0 radical (unpaired) electrons. The van der Waals surface area contributed by atoms with Crippen LogP contribution < -0.4 is 5.32 Å². The van der Waals surface area contributed by atoms with Gasteiger partial charge in [-0.3, -0.25) is 10.1 Å². The number of likely N-dealkylation sites (tertiary alicyclic amines) is 1. The summed E-state index contributed by atoms with van der Waals surface area (Å²) in [5.74, 6) is -0.122. The zero-order valence-corrected chi connectivity index (χ0v) is 12.4. The van der Waals surface area contributed by atoms with E-state index in [1.54, 1.807) is 12.1 Å². The summed E-state index contributed by atoms with van der Waals surface area (Å²) in [7, 11) is 0. The molecule has 21 heavy (non-hydrogen) atoms. The van der Waals surface area contributed by atoms with Crippen molar-refractivity contribution < 1.29 is 9.18 Å². The minimum Gasteiger partial charge on any atom is -0.320 e. The Morgan fingerprint density at radius 2 is 1.86 bits per heavy atom. The molecule has 1 aromatic rings. The highest BCUT2D eigenvalue weighted by Crippen LogP contribution is 2.25. The highest BCUT2D eigenvalue weighted by atomic mass is 19.1. The molecule has 2 fully saturated rings. The SMILES string of the molecule is CC1NC(c2ccc(F)cc2)N(CCN2CCCC2)C1=O. The Balaban J connectivity index is 1.71. The van der Waals surface area contributed by atoms with E-state index in [9.17, 15) is 9.18 Å². The molecule has 0 aromatic heterocycles. The van der Waals surface area contributed by atoms with E-state index in [0.717, 1.165) is 31.7 Å². The Labute approximate surface area is 124 Å². The van der Waals surface area contributed by atoms with Crippen molar-refractivity contribution in [2.45, 2.75) is 32.0 Å². The van der Waals surface area contributed by atoms with Gasteiger partial charge in [0.1, 0.15) is 12.0 Å². The number of nitrogens with zero attached hydrogens (tertiary/aromatic N) is 2. The first kappa shape index (κ1) is 14.5. The van der Waals surface area contributed by atoms with Crippen molar-refractivity contribution in [3.05, 3.63) is 35.6 Å². The van der Waals surface area contributed by atoms with E-state index >= 15 is 0 Å². The fraction of sp³-hybridized carbons (Fsp3) is 0.562. The lowest BCUT2D eigenvalue weighted by Crippen LogP contribution is -2.37. The van der Waals surface area contributed by atoms with E-state index < -0.39 is 0 Å². The normalized spacial score (nSPS) is 26.8. The van der Waals surface area contributed by atoms with Crippen LogP contribution >= 0.6 is 0 Å². The lowest BCUT2D eigenvalue weighted by molar-refractivity contribution is -0.130. The van der Waals surface area contributed by atoms with E-state index in [1.807, 2.05) is 11.8 Å². The third-order valence-corrected chi connectivity index (χ3v) is 4.41. The van der Waals surface area contributed by atoms with Crippen LogP contribution in [-0.4, -0.2) is 47.9 Å². The van der Waals surface area contributed by atoms with Crippen LogP contribution in [0.4, 0.5) is 4.39 Å². The molecule has 114 valence electrons. The molecule has 2 atom stereocenters. The molecule has 3 rings (SSSR count). The second-order valence-electron chi connectivity index (χ2n) is 5.92. The highest BCUT2D eigenvalue weighted by Gasteiger charge is 2.36. The van der Waals surface area contributed by atoms with Crippen LogP contribution in [0.15, 0.2) is 24.3 Å². The first-order valence-corrected chi connectivity index (χ1v) is 7.69. The van der Waals surface area contributed by atoms with Crippen molar-refractivity contribution in [2.24, 2.45) is 0 Å². The number of carbonyl (C=O) groups is 1. The highest BCUT2D eigenvalue weighted by molar-refractivity contribution is 5.84. The number of hydrogen-bond acceptors (Lipinski definition) is 3. The van der Waals surface area contributed by atoms with Gasteiger partial charge in [0.15, 0.2) is 0 Å². The topological polar surface area (TPSA) is 35.6 Å². The number of carbonyl (C=O) groups excluding carboxylic acids is 1. The molecule has 5 heteroatoms. The molecule has 1 aromatic carbocycles. The van der Waals surface area contributed by atoms with E-state index in [0.29, 0.717) is 0 Å². The summed E-state index contributed by atoms with van der Waals surface area (Å²) in [6.45, 7) is 5.78. The van der Waals surface area contributed by atoms with Gasteiger partial charge in [0, 0.05) is 13.1 Å². The van der Waals surface area contributed by atoms with Crippen LogP contribution in [0.2, 0.25) is 0 Å². The Hall–Kier alpha value is -1.46. The van der Waals surface area contributed by atoms with Crippen LogP contribution in [0.5, 0.6) is 0 Å². The Morgan fingerprint density at radius 3 is 2.52 bits per heavy atom. The van der Waals surface area contributed by atoms with Crippen molar-refractivity contribution in [1.82, 2.24) is 15.1 Å². The molecule has 1 amide bonds.